The molecule has 1 amide bonds. The summed E-state index contributed by atoms with van der Waals surface area (Å²) in [6.07, 6.45) is 3.18. The van der Waals surface area contributed by atoms with Gasteiger partial charge in [-0.25, -0.2) is 0 Å². The highest BCUT2D eigenvalue weighted by molar-refractivity contribution is 6.30. The molecular formula is C19H16ClN3O. The number of aromatic nitrogens is 2. The number of rotatable bonds is 4. The third-order valence-corrected chi connectivity index (χ3v) is 3.74. The van der Waals surface area contributed by atoms with Crippen LogP contribution in [0.5, 0.6) is 0 Å². The number of anilines is 1. The minimum absolute atomic E-state index is 0.244. The molecule has 0 atom stereocenters. The number of nitrogens with one attached hydrogen (secondary N) is 2. The van der Waals surface area contributed by atoms with Crippen LogP contribution in [0.2, 0.25) is 5.02 Å². The molecule has 0 saturated heterocycles. The molecule has 2 aromatic carbocycles. The van der Waals surface area contributed by atoms with Crippen molar-refractivity contribution in [2.75, 3.05) is 5.32 Å². The van der Waals surface area contributed by atoms with Crippen molar-refractivity contribution in [3.05, 3.63) is 76.8 Å². The average Bonchev–Trinajstić information content (AvgIpc) is 3.03. The van der Waals surface area contributed by atoms with Crippen molar-refractivity contribution in [1.82, 2.24) is 10.2 Å². The first kappa shape index (κ1) is 16.0. The number of nitrogens with zero attached hydrogens (tertiary/aromatic N) is 1. The van der Waals surface area contributed by atoms with Crippen molar-refractivity contribution in [3.63, 3.8) is 0 Å². The molecule has 0 radical (unpaired) electrons. The van der Waals surface area contributed by atoms with Crippen LogP contribution in [-0.2, 0) is 4.79 Å². The Morgan fingerprint density at radius 3 is 2.54 bits per heavy atom. The molecule has 120 valence electrons. The number of hydrogen-bond donors (Lipinski definition) is 2. The third-order valence-electron chi connectivity index (χ3n) is 3.49. The lowest BCUT2D eigenvalue weighted by atomic mass is 10.1. The second-order valence-corrected chi connectivity index (χ2v) is 5.84. The highest BCUT2D eigenvalue weighted by Crippen LogP contribution is 2.20. The second kappa shape index (κ2) is 7.15. The molecule has 0 aliphatic heterocycles. The number of aromatic amines is 1. The van der Waals surface area contributed by atoms with Crippen LogP contribution in [0.25, 0.3) is 17.3 Å². The zero-order valence-corrected chi connectivity index (χ0v) is 13.8. The van der Waals surface area contributed by atoms with E-state index in [1.807, 2.05) is 43.3 Å². The topological polar surface area (TPSA) is 57.8 Å². The van der Waals surface area contributed by atoms with Crippen molar-refractivity contribution in [2.45, 2.75) is 6.92 Å². The largest absolute Gasteiger partial charge is 0.306 e. The van der Waals surface area contributed by atoms with Crippen LogP contribution < -0.4 is 5.32 Å². The van der Waals surface area contributed by atoms with E-state index >= 15 is 0 Å². The lowest BCUT2D eigenvalue weighted by Gasteiger charge is -1.97. The van der Waals surface area contributed by atoms with Crippen LogP contribution in [0.15, 0.2) is 60.7 Å². The van der Waals surface area contributed by atoms with E-state index < -0.39 is 0 Å². The van der Waals surface area contributed by atoms with Gasteiger partial charge in [-0.1, -0.05) is 53.6 Å². The standard InChI is InChI=1S/C19H16ClN3O/c1-13-2-7-15(8-3-13)17-12-18(23-22-17)21-19(24)11-6-14-4-9-16(20)10-5-14/h2-12H,1H3,(H2,21,22,23,24)/b11-6+. The van der Waals surface area contributed by atoms with E-state index in [0.29, 0.717) is 10.8 Å². The quantitative estimate of drug-likeness (QED) is 0.678. The summed E-state index contributed by atoms with van der Waals surface area (Å²) in [6.45, 7) is 2.04. The zero-order valence-electron chi connectivity index (χ0n) is 13.1. The Morgan fingerprint density at radius 2 is 1.83 bits per heavy atom. The Hall–Kier alpha value is -2.85. The molecule has 0 fully saturated rings. The molecule has 0 bridgehead atoms. The molecule has 5 heteroatoms. The Balaban J connectivity index is 1.64. The molecule has 3 aromatic rings. The minimum Gasteiger partial charge on any atom is -0.306 e. The van der Waals surface area contributed by atoms with Gasteiger partial charge in [0, 0.05) is 17.2 Å². The van der Waals surface area contributed by atoms with E-state index in [2.05, 4.69) is 15.5 Å². The fourth-order valence-corrected chi connectivity index (χ4v) is 2.31. The number of amides is 1. The van der Waals surface area contributed by atoms with Crippen LogP contribution >= 0.6 is 11.6 Å². The van der Waals surface area contributed by atoms with Gasteiger partial charge in [-0.05, 0) is 36.3 Å². The Morgan fingerprint density at radius 1 is 1.12 bits per heavy atom. The fourth-order valence-electron chi connectivity index (χ4n) is 2.18. The molecule has 0 unspecified atom stereocenters. The molecule has 2 N–H and O–H groups in total. The van der Waals surface area contributed by atoms with E-state index in [-0.39, 0.29) is 5.91 Å². The van der Waals surface area contributed by atoms with Crippen molar-refractivity contribution in [3.8, 4) is 11.3 Å². The highest BCUT2D eigenvalue weighted by Gasteiger charge is 2.05. The first-order chi connectivity index (χ1) is 11.6. The summed E-state index contributed by atoms with van der Waals surface area (Å²) < 4.78 is 0. The number of hydrogen-bond acceptors (Lipinski definition) is 2. The Labute approximate surface area is 145 Å². The van der Waals surface area contributed by atoms with Crippen molar-refractivity contribution < 1.29 is 4.79 Å². The van der Waals surface area contributed by atoms with Gasteiger partial charge in [0.05, 0.1) is 5.69 Å². The van der Waals surface area contributed by atoms with E-state index in [0.717, 1.165) is 16.8 Å². The Kier molecular flexibility index (Phi) is 4.77. The van der Waals surface area contributed by atoms with Gasteiger partial charge < -0.3 is 5.32 Å². The molecule has 1 heterocycles. The first-order valence-electron chi connectivity index (χ1n) is 7.47. The van der Waals surface area contributed by atoms with Gasteiger partial charge in [0.15, 0.2) is 5.82 Å². The van der Waals surface area contributed by atoms with E-state index in [1.54, 1.807) is 24.3 Å². The molecule has 0 saturated carbocycles. The molecular weight excluding hydrogens is 322 g/mol. The number of benzene rings is 2. The molecule has 0 aliphatic rings. The normalized spacial score (nSPS) is 10.9. The van der Waals surface area contributed by atoms with Crippen LogP contribution in [0.3, 0.4) is 0 Å². The fraction of sp³-hybridized carbons (Fsp3) is 0.0526. The maximum Gasteiger partial charge on any atom is 0.249 e. The Bertz CT molecular complexity index is 864. The summed E-state index contributed by atoms with van der Waals surface area (Å²) in [5, 5.41) is 10.4. The summed E-state index contributed by atoms with van der Waals surface area (Å²) in [7, 11) is 0. The van der Waals surface area contributed by atoms with Gasteiger partial charge in [0.1, 0.15) is 0 Å². The number of carbonyl (C=O) groups excluding carboxylic acids is 1. The van der Waals surface area contributed by atoms with Crippen LogP contribution in [0, 0.1) is 6.92 Å². The molecule has 4 nitrogen and oxygen atoms in total. The first-order valence-corrected chi connectivity index (χ1v) is 7.85. The summed E-state index contributed by atoms with van der Waals surface area (Å²) >= 11 is 5.83. The van der Waals surface area contributed by atoms with Gasteiger partial charge in [-0.3, -0.25) is 9.89 Å². The van der Waals surface area contributed by atoms with Crippen LogP contribution in [-0.4, -0.2) is 16.1 Å². The second-order valence-electron chi connectivity index (χ2n) is 5.41. The van der Waals surface area contributed by atoms with Gasteiger partial charge in [-0.2, -0.15) is 5.10 Å². The van der Waals surface area contributed by atoms with E-state index in [1.165, 1.54) is 11.6 Å². The van der Waals surface area contributed by atoms with Gasteiger partial charge >= 0.3 is 0 Å². The lowest BCUT2D eigenvalue weighted by molar-refractivity contribution is -0.111. The summed E-state index contributed by atoms with van der Waals surface area (Å²) in [5.41, 5.74) is 3.97. The average molecular weight is 338 g/mol. The van der Waals surface area contributed by atoms with E-state index in [9.17, 15) is 4.79 Å². The number of halogens is 1. The highest BCUT2D eigenvalue weighted by atomic mass is 35.5. The summed E-state index contributed by atoms with van der Waals surface area (Å²) in [5.74, 6) is 0.239. The third kappa shape index (κ3) is 4.12. The molecule has 3 rings (SSSR count). The van der Waals surface area contributed by atoms with Crippen molar-refractivity contribution >= 4 is 29.4 Å². The van der Waals surface area contributed by atoms with Gasteiger partial charge in [0.2, 0.25) is 5.91 Å². The van der Waals surface area contributed by atoms with Crippen LogP contribution in [0.4, 0.5) is 5.82 Å². The molecule has 24 heavy (non-hydrogen) atoms. The predicted octanol–water partition coefficient (Wildman–Crippen LogP) is 4.69. The molecule has 1 aromatic heterocycles. The number of carbonyl (C=O) groups is 1. The lowest BCUT2D eigenvalue weighted by Crippen LogP contribution is -2.07. The smallest absolute Gasteiger partial charge is 0.249 e. The zero-order chi connectivity index (χ0) is 16.9. The monoisotopic (exact) mass is 337 g/mol. The summed E-state index contributed by atoms with van der Waals surface area (Å²) in [6, 6.07) is 17.1. The molecule has 0 aliphatic carbocycles. The van der Waals surface area contributed by atoms with Gasteiger partial charge in [0.25, 0.3) is 0 Å². The van der Waals surface area contributed by atoms with Crippen molar-refractivity contribution in [1.29, 1.82) is 0 Å². The molecule has 0 spiro atoms. The number of H-pyrrole nitrogens is 1. The maximum absolute atomic E-state index is 12.0. The maximum atomic E-state index is 12.0. The van der Waals surface area contributed by atoms with Crippen molar-refractivity contribution in [2.24, 2.45) is 0 Å². The summed E-state index contributed by atoms with van der Waals surface area (Å²) in [4.78, 5) is 12.0. The van der Waals surface area contributed by atoms with Gasteiger partial charge in [-0.15, -0.1) is 0 Å². The SMILES string of the molecule is Cc1ccc(-c2cc(NC(=O)/C=C/c3ccc(Cl)cc3)n[nH]2)cc1. The number of aryl methyl sites for hydroxylation is 1. The van der Waals surface area contributed by atoms with Crippen LogP contribution in [0.1, 0.15) is 11.1 Å². The minimum atomic E-state index is -0.244. The van der Waals surface area contributed by atoms with E-state index in [4.69, 9.17) is 11.6 Å². The predicted molar refractivity (Wildman–Crippen MR) is 97.9 cm³/mol.